The van der Waals surface area contributed by atoms with Crippen LogP contribution in [0.5, 0.6) is 0 Å². The highest BCUT2D eigenvalue weighted by atomic mass is 35.5. The predicted octanol–water partition coefficient (Wildman–Crippen LogP) is 5.15. The second kappa shape index (κ2) is 7.66. The first-order chi connectivity index (χ1) is 12.1. The third kappa shape index (κ3) is 4.17. The van der Waals surface area contributed by atoms with Crippen LogP contribution in [0.15, 0.2) is 53.6 Å². The molecule has 3 rings (SSSR count). The van der Waals surface area contributed by atoms with Gasteiger partial charge in [-0.05, 0) is 48.4 Å². The summed E-state index contributed by atoms with van der Waals surface area (Å²) in [6, 6.07) is 12.9. The Morgan fingerprint density at radius 1 is 1.24 bits per heavy atom. The lowest BCUT2D eigenvalue weighted by Gasteiger charge is -2.15. The van der Waals surface area contributed by atoms with Crippen molar-refractivity contribution in [2.75, 3.05) is 11.9 Å². The standard InChI is InChI=1S/C19H19ClFN3O/c1-2-3-14-12-24(19(25)22-17-10-6-15(20)7-11-17)23-18(14)13-4-8-16(21)9-5-13/h4-11,14H,2-3,12H2,1H3,(H,22,25). The Hall–Kier alpha value is -2.40. The van der Waals surface area contributed by atoms with Gasteiger partial charge in [-0.15, -0.1) is 0 Å². The molecule has 1 aliphatic heterocycles. The Labute approximate surface area is 151 Å². The Morgan fingerprint density at radius 3 is 2.56 bits per heavy atom. The SMILES string of the molecule is CCCC1CN(C(=O)Nc2ccc(Cl)cc2)N=C1c1ccc(F)cc1. The number of hydrogen-bond acceptors (Lipinski definition) is 2. The molecular weight excluding hydrogens is 341 g/mol. The molecule has 0 spiro atoms. The minimum Gasteiger partial charge on any atom is -0.306 e. The normalized spacial score (nSPS) is 16.7. The van der Waals surface area contributed by atoms with E-state index in [0.717, 1.165) is 24.1 Å². The van der Waals surface area contributed by atoms with Crippen LogP contribution in [0.3, 0.4) is 0 Å². The van der Waals surface area contributed by atoms with Crippen molar-refractivity contribution in [3.63, 3.8) is 0 Å². The molecule has 0 saturated carbocycles. The molecule has 1 aliphatic rings. The number of urea groups is 1. The van der Waals surface area contributed by atoms with Gasteiger partial charge in [-0.1, -0.05) is 37.1 Å². The average Bonchev–Trinajstić information content (AvgIpc) is 3.02. The summed E-state index contributed by atoms with van der Waals surface area (Å²) in [7, 11) is 0. The van der Waals surface area contributed by atoms with E-state index in [1.54, 1.807) is 36.4 Å². The van der Waals surface area contributed by atoms with Gasteiger partial charge in [-0.3, -0.25) is 0 Å². The van der Waals surface area contributed by atoms with Gasteiger partial charge < -0.3 is 5.32 Å². The first-order valence-electron chi connectivity index (χ1n) is 8.25. The minimum absolute atomic E-state index is 0.145. The topological polar surface area (TPSA) is 44.7 Å². The summed E-state index contributed by atoms with van der Waals surface area (Å²) in [5.74, 6) is -0.141. The second-order valence-electron chi connectivity index (χ2n) is 6.00. The number of amides is 2. The van der Waals surface area contributed by atoms with Gasteiger partial charge in [0.1, 0.15) is 5.82 Å². The lowest BCUT2D eigenvalue weighted by molar-refractivity contribution is 0.215. The van der Waals surface area contributed by atoms with Gasteiger partial charge in [-0.2, -0.15) is 5.10 Å². The van der Waals surface area contributed by atoms with Crippen LogP contribution in [0.2, 0.25) is 5.02 Å². The molecule has 130 valence electrons. The lowest BCUT2D eigenvalue weighted by atomic mass is 9.93. The number of nitrogens with zero attached hydrogens (tertiary/aromatic N) is 2. The van der Waals surface area contributed by atoms with E-state index in [9.17, 15) is 9.18 Å². The Morgan fingerprint density at radius 2 is 1.92 bits per heavy atom. The van der Waals surface area contributed by atoms with Crippen molar-refractivity contribution in [2.45, 2.75) is 19.8 Å². The number of hydrazone groups is 1. The van der Waals surface area contributed by atoms with Crippen LogP contribution in [0, 0.1) is 11.7 Å². The van der Waals surface area contributed by atoms with E-state index in [2.05, 4.69) is 17.3 Å². The highest BCUT2D eigenvalue weighted by Crippen LogP contribution is 2.24. The molecule has 0 radical (unpaired) electrons. The molecule has 0 bridgehead atoms. The van der Waals surface area contributed by atoms with Gasteiger partial charge in [-0.25, -0.2) is 14.2 Å². The van der Waals surface area contributed by atoms with Crippen LogP contribution < -0.4 is 5.32 Å². The molecule has 1 N–H and O–H groups in total. The van der Waals surface area contributed by atoms with Crippen molar-refractivity contribution in [1.29, 1.82) is 0 Å². The number of carbonyl (C=O) groups excluding carboxylic acids is 1. The number of nitrogens with one attached hydrogen (secondary N) is 1. The number of rotatable bonds is 4. The molecule has 2 aromatic rings. The van der Waals surface area contributed by atoms with E-state index in [1.807, 2.05) is 0 Å². The molecule has 6 heteroatoms. The summed E-state index contributed by atoms with van der Waals surface area (Å²) >= 11 is 5.86. The molecule has 0 fully saturated rings. The molecule has 4 nitrogen and oxygen atoms in total. The summed E-state index contributed by atoms with van der Waals surface area (Å²) < 4.78 is 13.2. The number of anilines is 1. The van der Waals surface area contributed by atoms with Crippen LogP contribution >= 0.6 is 11.6 Å². The van der Waals surface area contributed by atoms with E-state index in [4.69, 9.17) is 11.6 Å². The van der Waals surface area contributed by atoms with E-state index in [-0.39, 0.29) is 17.8 Å². The lowest BCUT2D eigenvalue weighted by Crippen LogP contribution is -2.30. The van der Waals surface area contributed by atoms with E-state index in [0.29, 0.717) is 17.3 Å². The van der Waals surface area contributed by atoms with Gasteiger partial charge >= 0.3 is 6.03 Å². The summed E-state index contributed by atoms with van der Waals surface area (Å²) in [5.41, 5.74) is 2.33. The number of benzene rings is 2. The molecule has 1 atom stereocenters. The number of halogens is 2. The van der Waals surface area contributed by atoms with Crippen molar-refractivity contribution in [1.82, 2.24) is 5.01 Å². The monoisotopic (exact) mass is 359 g/mol. The smallest absolute Gasteiger partial charge is 0.306 e. The highest BCUT2D eigenvalue weighted by Gasteiger charge is 2.30. The van der Waals surface area contributed by atoms with Gasteiger partial charge in [0.25, 0.3) is 0 Å². The van der Waals surface area contributed by atoms with Crippen molar-refractivity contribution >= 4 is 29.0 Å². The maximum atomic E-state index is 13.2. The highest BCUT2D eigenvalue weighted by molar-refractivity contribution is 6.30. The molecular formula is C19H19ClFN3O. The predicted molar refractivity (Wildman–Crippen MR) is 98.5 cm³/mol. The zero-order valence-electron chi connectivity index (χ0n) is 13.9. The third-order valence-electron chi connectivity index (χ3n) is 4.12. The zero-order valence-corrected chi connectivity index (χ0v) is 14.6. The molecule has 2 aromatic carbocycles. The van der Waals surface area contributed by atoms with Gasteiger partial charge in [0.2, 0.25) is 0 Å². The van der Waals surface area contributed by atoms with Gasteiger partial charge in [0, 0.05) is 16.6 Å². The van der Waals surface area contributed by atoms with Crippen LogP contribution in [-0.4, -0.2) is 23.3 Å². The van der Waals surface area contributed by atoms with E-state index in [1.165, 1.54) is 17.1 Å². The van der Waals surface area contributed by atoms with Crippen molar-refractivity contribution < 1.29 is 9.18 Å². The Kier molecular flexibility index (Phi) is 5.34. The Bertz CT molecular complexity index is 774. The fourth-order valence-electron chi connectivity index (χ4n) is 2.89. The average molecular weight is 360 g/mol. The largest absolute Gasteiger partial charge is 0.342 e. The molecule has 25 heavy (non-hydrogen) atoms. The first kappa shape index (κ1) is 17.4. The van der Waals surface area contributed by atoms with Crippen LogP contribution in [0.1, 0.15) is 25.3 Å². The summed E-state index contributed by atoms with van der Waals surface area (Å²) in [4.78, 5) is 12.5. The number of carbonyl (C=O) groups is 1. The van der Waals surface area contributed by atoms with E-state index < -0.39 is 0 Å². The number of hydrogen-bond donors (Lipinski definition) is 1. The molecule has 2 amide bonds. The Balaban J connectivity index is 1.78. The second-order valence-corrected chi connectivity index (χ2v) is 6.43. The van der Waals surface area contributed by atoms with Crippen molar-refractivity contribution in [3.05, 3.63) is 64.9 Å². The first-order valence-corrected chi connectivity index (χ1v) is 8.63. The van der Waals surface area contributed by atoms with Crippen LogP contribution in [-0.2, 0) is 0 Å². The van der Waals surface area contributed by atoms with Crippen molar-refractivity contribution in [2.24, 2.45) is 11.0 Å². The maximum Gasteiger partial charge on any atom is 0.342 e. The minimum atomic E-state index is -0.291. The summed E-state index contributed by atoms with van der Waals surface area (Å²) in [5, 5.41) is 9.36. The fraction of sp³-hybridized carbons (Fsp3) is 0.263. The quantitative estimate of drug-likeness (QED) is 0.806. The van der Waals surface area contributed by atoms with Crippen molar-refractivity contribution in [3.8, 4) is 0 Å². The summed E-state index contributed by atoms with van der Waals surface area (Å²) in [6.07, 6.45) is 1.90. The summed E-state index contributed by atoms with van der Waals surface area (Å²) in [6.45, 7) is 2.61. The van der Waals surface area contributed by atoms with E-state index >= 15 is 0 Å². The fourth-order valence-corrected chi connectivity index (χ4v) is 3.01. The molecule has 1 heterocycles. The van der Waals surface area contributed by atoms with Crippen LogP contribution in [0.25, 0.3) is 0 Å². The molecule has 0 aliphatic carbocycles. The van der Waals surface area contributed by atoms with Crippen LogP contribution in [0.4, 0.5) is 14.9 Å². The molecule has 1 unspecified atom stereocenters. The van der Waals surface area contributed by atoms with Gasteiger partial charge in [0.15, 0.2) is 0 Å². The maximum absolute atomic E-state index is 13.2. The third-order valence-corrected chi connectivity index (χ3v) is 4.37. The molecule has 0 saturated heterocycles. The van der Waals surface area contributed by atoms with Gasteiger partial charge in [0.05, 0.1) is 12.3 Å². The zero-order chi connectivity index (χ0) is 17.8. The molecule has 0 aromatic heterocycles.